The Hall–Kier alpha value is -2.54. The van der Waals surface area contributed by atoms with Crippen LogP contribution in [0.15, 0.2) is 35.3 Å². The number of nitrogens with one attached hydrogen (secondary N) is 1. The summed E-state index contributed by atoms with van der Waals surface area (Å²) >= 11 is 0. The quantitative estimate of drug-likeness (QED) is 0.925. The Balaban J connectivity index is 1.51. The molecule has 1 atom stereocenters. The number of ether oxygens (including phenoxy) is 1. The number of rotatable bonds is 3. The number of carbonyl (C=O) groups excluding carboxylic acids is 1. The molecule has 2 heterocycles. The summed E-state index contributed by atoms with van der Waals surface area (Å²) in [7, 11) is 0. The average molecular weight is 343 g/mol. The number of hydrogen-bond acceptors (Lipinski definition) is 4. The third-order valence-corrected chi connectivity index (χ3v) is 4.61. The lowest BCUT2D eigenvalue weighted by Crippen LogP contribution is -2.44. The van der Waals surface area contributed by atoms with Gasteiger partial charge in [-0.1, -0.05) is 12.1 Å². The fourth-order valence-electron chi connectivity index (χ4n) is 3.01. The molecule has 1 amide bonds. The molecule has 2 aromatic rings. The van der Waals surface area contributed by atoms with Crippen LogP contribution in [0.5, 0.6) is 0 Å². The topological polar surface area (TPSA) is 75.3 Å². The van der Waals surface area contributed by atoms with Gasteiger partial charge in [0.2, 0.25) is 0 Å². The molecule has 4 rings (SSSR count). The Labute approximate surface area is 143 Å². The fourth-order valence-corrected chi connectivity index (χ4v) is 3.01. The van der Waals surface area contributed by atoms with E-state index in [1.807, 2.05) is 0 Å². The molecule has 1 saturated carbocycles. The number of H-pyrrole nitrogens is 1. The van der Waals surface area contributed by atoms with Crippen molar-refractivity contribution in [2.24, 2.45) is 0 Å². The minimum Gasteiger partial charge on any atom is -0.370 e. The molecule has 0 bridgehead atoms. The highest BCUT2D eigenvalue weighted by Crippen LogP contribution is 2.37. The van der Waals surface area contributed by atoms with E-state index in [-0.39, 0.29) is 23.4 Å². The molecule has 25 heavy (non-hydrogen) atoms. The first-order valence-corrected chi connectivity index (χ1v) is 8.37. The molecule has 0 unspecified atom stereocenters. The Kier molecular flexibility index (Phi) is 4.09. The SMILES string of the molecule is O=C(c1cnc(C2CC2)[nH]c1=O)N1CCO[C@H](c2ccc(F)cc2)C1. The number of nitrogens with zero attached hydrogens (tertiary/aromatic N) is 2. The van der Waals surface area contributed by atoms with Gasteiger partial charge in [0.05, 0.1) is 13.2 Å². The van der Waals surface area contributed by atoms with Gasteiger partial charge in [0.25, 0.3) is 11.5 Å². The maximum absolute atomic E-state index is 13.1. The predicted molar refractivity (Wildman–Crippen MR) is 87.8 cm³/mol. The highest BCUT2D eigenvalue weighted by molar-refractivity contribution is 5.93. The molecular weight excluding hydrogens is 325 g/mol. The lowest BCUT2D eigenvalue weighted by molar-refractivity contribution is -0.0229. The summed E-state index contributed by atoms with van der Waals surface area (Å²) in [4.78, 5) is 33.5. The molecular formula is C18H18FN3O3. The molecule has 0 spiro atoms. The van der Waals surface area contributed by atoms with Crippen LogP contribution in [0.25, 0.3) is 0 Å². The predicted octanol–water partition coefficient (Wildman–Crippen LogP) is 2.00. The second-order valence-corrected chi connectivity index (χ2v) is 6.45. The largest absolute Gasteiger partial charge is 0.370 e. The highest BCUT2D eigenvalue weighted by Gasteiger charge is 2.30. The van der Waals surface area contributed by atoms with Crippen molar-refractivity contribution in [1.29, 1.82) is 0 Å². The van der Waals surface area contributed by atoms with E-state index < -0.39 is 5.56 Å². The fraction of sp³-hybridized carbons (Fsp3) is 0.389. The summed E-state index contributed by atoms with van der Waals surface area (Å²) in [6, 6.07) is 6.02. The second-order valence-electron chi connectivity index (χ2n) is 6.45. The number of hydrogen-bond donors (Lipinski definition) is 1. The summed E-state index contributed by atoms with van der Waals surface area (Å²) in [6.45, 7) is 1.08. The van der Waals surface area contributed by atoms with Crippen LogP contribution in [0, 0.1) is 5.82 Å². The van der Waals surface area contributed by atoms with E-state index in [0.717, 1.165) is 18.4 Å². The maximum atomic E-state index is 13.1. The number of carbonyl (C=O) groups is 1. The van der Waals surface area contributed by atoms with Crippen molar-refractivity contribution in [2.75, 3.05) is 19.7 Å². The third-order valence-electron chi connectivity index (χ3n) is 4.61. The molecule has 1 aliphatic carbocycles. The first-order valence-electron chi connectivity index (χ1n) is 8.37. The van der Waals surface area contributed by atoms with Crippen LogP contribution < -0.4 is 5.56 Å². The molecule has 1 aromatic carbocycles. The molecule has 0 radical (unpaired) electrons. The Morgan fingerprint density at radius 1 is 1.28 bits per heavy atom. The van der Waals surface area contributed by atoms with Gasteiger partial charge in [0.1, 0.15) is 23.3 Å². The number of amides is 1. The van der Waals surface area contributed by atoms with Crippen LogP contribution in [0.2, 0.25) is 0 Å². The molecule has 1 N–H and O–H groups in total. The van der Waals surface area contributed by atoms with E-state index in [4.69, 9.17) is 4.74 Å². The van der Waals surface area contributed by atoms with Crippen LogP contribution >= 0.6 is 0 Å². The molecule has 6 nitrogen and oxygen atoms in total. The van der Waals surface area contributed by atoms with E-state index in [2.05, 4.69) is 9.97 Å². The van der Waals surface area contributed by atoms with Crippen molar-refractivity contribution in [1.82, 2.24) is 14.9 Å². The van der Waals surface area contributed by atoms with Crippen molar-refractivity contribution in [3.8, 4) is 0 Å². The van der Waals surface area contributed by atoms with Crippen LogP contribution in [0.4, 0.5) is 4.39 Å². The zero-order chi connectivity index (χ0) is 17.4. The van der Waals surface area contributed by atoms with Crippen molar-refractivity contribution in [2.45, 2.75) is 24.9 Å². The molecule has 1 aromatic heterocycles. The van der Waals surface area contributed by atoms with Gasteiger partial charge in [-0.3, -0.25) is 9.59 Å². The monoisotopic (exact) mass is 343 g/mol. The van der Waals surface area contributed by atoms with E-state index in [0.29, 0.717) is 31.4 Å². The van der Waals surface area contributed by atoms with Gasteiger partial charge < -0.3 is 14.6 Å². The van der Waals surface area contributed by atoms with E-state index in [9.17, 15) is 14.0 Å². The van der Waals surface area contributed by atoms with Crippen LogP contribution in [-0.4, -0.2) is 40.5 Å². The highest BCUT2D eigenvalue weighted by atomic mass is 19.1. The van der Waals surface area contributed by atoms with E-state index in [1.54, 1.807) is 17.0 Å². The lowest BCUT2D eigenvalue weighted by atomic mass is 10.1. The average Bonchev–Trinajstić information content (AvgIpc) is 3.47. The Morgan fingerprint density at radius 3 is 2.72 bits per heavy atom. The molecule has 7 heteroatoms. The summed E-state index contributed by atoms with van der Waals surface area (Å²) in [6.07, 6.45) is 3.09. The molecule has 2 fully saturated rings. The number of halogens is 1. The summed E-state index contributed by atoms with van der Waals surface area (Å²) < 4.78 is 18.8. The van der Waals surface area contributed by atoms with Gasteiger partial charge in [-0.25, -0.2) is 9.37 Å². The van der Waals surface area contributed by atoms with Crippen LogP contribution in [0.3, 0.4) is 0 Å². The maximum Gasteiger partial charge on any atom is 0.263 e. The van der Waals surface area contributed by atoms with Gasteiger partial charge in [0.15, 0.2) is 0 Å². The van der Waals surface area contributed by atoms with Gasteiger partial charge in [0, 0.05) is 18.7 Å². The summed E-state index contributed by atoms with van der Waals surface area (Å²) in [5.41, 5.74) is 0.450. The second kappa shape index (κ2) is 6.40. The first-order chi connectivity index (χ1) is 12.1. The van der Waals surface area contributed by atoms with Crippen molar-refractivity contribution < 1.29 is 13.9 Å². The minimum atomic E-state index is -0.397. The minimum absolute atomic E-state index is 0.0455. The van der Waals surface area contributed by atoms with Crippen LogP contribution in [-0.2, 0) is 4.74 Å². The summed E-state index contributed by atoms with van der Waals surface area (Å²) in [5, 5.41) is 0. The van der Waals surface area contributed by atoms with Crippen LogP contribution in [0.1, 0.15) is 46.6 Å². The Morgan fingerprint density at radius 2 is 2.04 bits per heavy atom. The van der Waals surface area contributed by atoms with Crippen molar-refractivity contribution in [3.63, 3.8) is 0 Å². The zero-order valence-corrected chi connectivity index (χ0v) is 13.6. The zero-order valence-electron chi connectivity index (χ0n) is 13.6. The lowest BCUT2D eigenvalue weighted by Gasteiger charge is -2.33. The molecule has 1 aliphatic heterocycles. The Bertz CT molecular complexity index is 845. The molecule has 2 aliphatic rings. The summed E-state index contributed by atoms with van der Waals surface area (Å²) in [5.74, 6) is 0.308. The normalized spacial score (nSPS) is 20.5. The molecule has 130 valence electrons. The number of aromatic nitrogens is 2. The third kappa shape index (κ3) is 3.32. The smallest absolute Gasteiger partial charge is 0.263 e. The van der Waals surface area contributed by atoms with E-state index >= 15 is 0 Å². The number of morpholine rings is 1. The van der Waals surface area contributed by atoms with E-state index in [1.165, 1.54) is 18.3 Å². The van der Waals surface area contributed by atoms with Crippen molar-refractivity contribution in [3.05, 3.63) is 63.6 Å². The number of benzene rings is 1. The van der Waals surface area contributed by atoms with Gasteiger partial charge >= 0.3 is 0 Å². The first kappa shape index (κ1) is 16.0. The van der Waals surface area contributed by atoms with Crippen molar-refractivity contribution >= 4 is 5.91 Å². The standard InChI is InChI=1S/C18H18FN3O3/c19-13-5-3-11(4-6-13)15-10-22(7-8-25-15)18(24)14-9-20-16(12-1-2-12)21-17(14)23/h3-6,9,12,15H,1-2,7-8,10H2,(H,20,21,23)/t15-/m0/s1. The van der Waals surface area contributed by atoms with Gasteiger partial charge in [-0.2, -0.15) is 0 Å². The van der Waals surface area contributed by atoms with Gasteiger partial charge in [-0.05, 0) is 30.5 Å². The molecule has 1 saturated heterocycles. The number of aromatic amines is 1. The van der Waals surface area contributed by atoms with Gasteiger partial charge in [-0.15, -0.1) is 0 Å².